The van der Waals surface area contributed by atoms with Crippen LogP contribution in [0, 0.1) is 37.5 Å². The summed E-state index contributed by atoms with van der Waals surface area (Å²) in [5, 5.41) is 17.0. The maximum atomic E-state index is 11.0. The number of rotatable bonds is 9. The van der Waals surface area contributed by atoms with Gasteiger partial charge in [0.2, 0.25) is 0 Å². The molecule has 1 aromatic rings. The predicted octanol–water partition coefficient (Wildman–Crippen LogP) is 3.75. The fraction of sp³-hybridized carbons (Fsp3) is 0.788. The van der Waals surface area contributed by atoms with Gasteiger partial charge < -0.3 is 14.6 Å². The molecule has 0 aromatic heterocycles. The molecular formula is C33H52N4O4. The van der Waals surface area contributed by atoms with Gasteiger partial charge in [0.25, 0.3) is 0 Å². The summed E-state index contributed by atoms with van der Waals surface area (Å²) < 4.78 is 12.4. The van der Waals surface area contributed by atoms with Crippen LogP contribution in [0.25, 0.3) is 0 Å². The van der Waals surface area contributed by atoms with E-state index in [1.165, 1.54) is 48.8 Å². The molecule has 2 heterocycles. The van der Waals surface area contributed by atoms with E-state index in [2.05, 4.69) is 59.4 Å². The molecule has 228 valence electrons. The van der Waals surface area contributed by atoms with Crippen LogP contribution in [0.1, 0.15) is 68.6 Å². The minimum atomic E-state index is -0.678. The summed E-state index contributed by atoms with van der Waals surface area (Å²) in [6.45, 7) is 13.4. The van der Waals surface area contributed by atoms with Crippen LogP contribution < -0.4 is 10.6 Å². The first-order valence-corrected chi connectivity index (χ1v) is 16.3. The molecule has 3 saturated carbocycles. The Balaban J connectivity index is 0.958. The largest absolute Gasteiger partial charge is 0.481 e. The van der Waals surface area contributed by atoms with Gasteiger partial charge in [-0.05, 0) is 94.2 Å². The lowest BCUT2D eigenvalue weighted by Crippen LogP contribution is -2.71. The summed E-state index contributed by atoms with van der Waals surface area (Å²) in [4.78, 5) is 16.2. The number of hydrogen-bond acceptors (Lipinski definition) is 7. The Bertz CT molecular complexity index is 1040. The average Bonchev–Trinajstić information content (AvgIpc) is 2.94. The Labute approximate surface area is 246 Å². The number of benzene rings is 1. The number of nitrogens with one attached hydrogen (secondary N) is 2. The van der Waals surface area contributed by atoms with Gasteiger partial charge in [0.05, 0.1) is 43.7 Å². The molecule has 7 atom stereocenters. The van der Waals surface area contributed by atoms with Crippen molar-refractivity contribution in [3.8, 4) is 0 Å². The van der Waals surface area contributed by atoms with Crippen molar-refractivity contribution in [2.24, 2.45) is 23.7 Å². The van der Waals surface area contributed by atoms with Gasteiger partial charge in [-0.1, -0.05) is 18.2 Å². The third kappa shape index (κ3) is 6.84. The number of aliphatic carboxylic acids is 1. The van der Waals surface area contributed by atoms with E-state index < -0.39 is 5.97 Å². The first-order chi connectivity index (χ1) is 19.8. The minimum absolute atomic E-state index is 0.143. The monoisotopic (exact) mass is 568 g/mol. The quantitative estimate of drug-likeness (QED) is 0.416. The van der Waals surface area contributed by atoms with E-state index >= 15 is 0 Å². The van der Waals surface area contributed by atoms with E-state index in [-0.39, 0.29) is 12.0 Å². The number of fused-ring (bicyclic) bond motifs is 3. The van der Waals surface area contributed by atoms with Crippen LogP contribution in [0.3, 0.4) is 0 Å². The first-order valence-electron chi connectivity index (χ1n) is 16.3. The van der Waals surface area contributed by atoms with E-state index in [9.17, 15) is 4.79 Å². The fourth-order valence-electron chi connectivity index (χ4n) is 8.42. The number of piperazine rings is 1. The number of carboxylic acids is 1. The third-order valence-corrected chi connectivity index (χ3v) is 11.1. The summed E-state index contributed by atoms with van der Waals surface area (Å²) in [7, 11) is 0. The summed E-state index contributed by atoms with van der Waals surface area (Å²) in [6, 6.07) is 7.32. The molecule has 0 spiro atoms. The molecule has 3 aliphatic carbocycles. The van der Waals surface area contributed by atoms with Crippen molar-refractivity contribution in [1.82, 2.24) is 20.4 Å². The predicted molar refractivity (Wildman–Crippen MR) is 159 cm³/mol. The van der Waals surface area contributed by atoms with Gasteiger partial charge in [0, 0.05) is 44.7 Å². The molecule has 0 bridgehead atoms. The number of hydrogen-bond donors (Lipinski definition) is 3. The Morgan fingerprint density at radius 3 is 2.46 bits per heavy atom. The molecule has 5 fully saturated rings. The van der Waals surface area contributed by atoms with Gasteiger partial charge in [-0.2, -0.15) is 0 Å². The molecule has 7 unspecified atom stereocenters. The summed E-state index contributed by atoms with van der Waals surface area (Å²) in [5.41, 5.74) is 4.00. The SMILES string of the molecule is Cc1ccc(COC2CCC3C(CCC4C3NC(C)NC4N3CCN(CCOC4CC(C(=O)O)C4)CC3)C2)cc1C. The van der Waals surface area contributed by atoms with Crippen molar-refractivity contribution in [3.63, 3.8) is 0 Å². The highest BCUT2D eigenvalue weighted by atomic mass is 16.5. The molecule has 3 N–H and O–H groups in total. The van der Waals surface area contributed by atoms with Crippen LogP contribution in [0.4, 0.5) is 0 Å². The second kappa shape index (κ2) is 13.0. The maximum Gasteiger partial charge on any atom is 0.306 e. The highest BCUT2D eigenvalue weighted by molar-refractivity contribution is 5.71. The number of carboxylic acid groups (broad SMARTS) is 1. The van der Waals surface area contributed by atoms with E-state index in [0.29, 0.717) is 49.8 Å². The topological polar surface area (TPSA) is 86.3 Å². The highest BCUT2D eigenvalue weighted by Gasteiger charge is 2.49. The lowest BCUT2D eigenvalue weighted by atomic mass is 9.62. The standard InChI is InChI=1S/C33H52N4O4/c1-21-4-5-24(16-22(21)2)20-41-27-7-9-29-25(17-27)6-8-30-31(29)34-23(3)35-32(30)37-12-10-36(11-13-37)14-15-40-28-18-26(19-28)33(38)39/h4-5,16,23,25-32,34-35H,6-15,17-20H2,1-3H3,(H,38,39). The summed E-state index contributed by atoms with van der Waals surface area (Å²) in [5.74, 6) is 1.32. The van der Waals surface area contributed by atoms with E-state index in [1.807, 2.05) is 0 Å². The normalized spacial score (nSPS) is 38.1. The third-order valence-electron chi connectivity index (χ3n) is 11.1. The lowest BCUT2D eigenvalue weighted by Gasteiger charge is -2.56. The Morgan fingerprint density at radius 2 is 1.71 bits per heavy atom. The van der Waals surface area contributed by atoms with Crippen molar-refractivity contribution < 1.29 is 19.4 Å². The van der Waals surface area contributed by atoms with Crippen molar-refractivity contribution >= 4 is 5.97 Å². The van der Waals surface area contributed by atoms with Crippen molar-refractivity contribution in [1.29, 1.82) is 0 Å². The Hall–Kier alpha value is -1.55. The Morgan fingerprint density at radius 1 is 0.927 bits per heavy atom. The van der Waals surface area contributed by atoms with Crippen molar-refractivity contribution in [2.45, 2.75) is 103 Å². The van der Waals surface area contributed by atoms with Crippen molar-refractivity contribution in [2.75, 3.05) is 39.3 Å². The van der Waals surface area contributed by atoms with E-state index in [1.54, 1.807) is 0 Å². The van der Waals surface area contributed by atoms with Crippen LogP contribution in [-0.4, -0.2) is 90.8 Å². The second-order valence-electron chi connectivity index (χ2n) is 13.7. The molecule has 0 radical (unpaired) electrons. The number of ether oxygens (including phenoxy) is 2. The number of carbonyl (C=O) groups is 1. The van der Waals surface area contributed by atoms with E-state index in [4.69, 9.17) is 14.6 Å². The van der Waals surface area contributed by atoms with Gasteiger partial charge in [-0.15, -0.1) is 0 Å². The smallest absolute Gasteiger partial charge is 0.306 e. The summed E-state index contributed by atoms with van der Waals surface area (Å²) in [6.07, 6.45) is 8.96. The molecule has 2 aliphatic heterocycles. The zero-order chi connectivity index (χ0) is 28.5. The molecule has 2 saturated heterocycles. The van der Waals surface area contributed by atoms with Crippen LogP contribution >= 0.6 is 0 Å². The Kier molecular flexibility index (Phi) is 9.35. The van der Waals surface area contributed by atoms with Gasteiger partial charge in [-0.3, -0.25) is 25.2 Å². The van der Waals surface area contributed by atoms with Crippen LogP contribution in [0.15, 0.2) is 18.2 Å². The molecule has 41 heavy (non-hydrogen) atoms. The van der Waals surface area contributed by atoms with Gasteiger partial charge in [0.15, 0.2) is 0 Å². The second-order valence-corrected chi connectivity index (χ2v) is 13.7. The molecule has 8 nitrogen and oxygen atoms in total. The van der Waals surface area contributed by atoms with Crippen LogP contribution in [0.2, 0.25) is 0 Å². The van der Waals surface area contributed by atoms with Gasteiger partial charge in [-0.25, -0.2) is 0 Å². The molecule has 1 aromatic carbocycles. The van der Waals surface area contributed by atoms with Gasteiger partial charge >= 0.3 is 5.97 Å². The zero-order valence-corrected chi connectivity index (χ0v) is 25.4. The van der Waals surface area contributed by atoms with E-state index in [0.717, 1.165) is 51.2 Å². The number of aryl methyl sites for hydroxylation is 2. The average molecular weight is 569 g/mol. The molecular weight excluding hydrogens is 516 g/mol. The minimum Gasteiger partial charge on any atom is -0.481 e. The van der Waals surface area contributed by atoms with Gasteiger partial charge in [0.1, 0.15) is 0 Å². The van der Waals surface area contributed by atoms with Crippen LogP contribution in [0.5, 0.6) is 0 Å². The highest BCUT2D eigenvalue weighted by Crippen LogP contribution is 2.46. The maximum absolute atomic E-state index is 11.0. The first kappa shape index (κ1) is 29.5. The van der Waals surface area contributed by atoms with Crippen LogP contribution in [-0.2, 0) is 20.9 Å². The number of nitrogens with zero attached hydrogens (tertiary/aromatic N) is 2. The fourth-order valence-corrected chi connectivity index (χ4v) is 8.42. The molecule has 5 aliphatic rings. The van der Waals surface area contributed by atoms with Crippen molar-refractivity contribution in [3.05, 3.63) is 34.9 Å². The molecule has 0 amide bonds. The summed E-state index contributed by atoms with van der Waals surface area (Å²) >= 11 is 0. The molecule has 6 rings (SSSR count). The molecule has 8 heteroatoms. The lowest BCUT2D eigenvalue weighted by molar-refractivity contribution is -0.151. The zero-order valence-electron chi connectivity index (χ0n) is 25.4.